The molecule has 2 aliphatic rings. The summed E-state index contributed by atoms with van der Waals surface area (Å²) < 4.78 is 4.33. The Morgan fingerprint density at radius 2 is 2.19 bits per heavy atom. The molecule has 6 nitrogen and oxygen atoms in total. The third-order valence-corrected chi connectivity index (χ3v) is 5.07. The molecule has 1 aromatic rings. The molecule has 1 amide bonds. The van der Waals surface area contributed by atoms with Crippen molar-refractivity contribution in [3.8, 4) is 0 Å². The molecule has 0 spiro atoms. The van der Waals surface area contributed by atoms with Crippen LogP contribution < -0.4 is 10.2 Å². The van der Waals surface area contributed by atoms with Crippen molar-refractivity contribution in [1.29, 1.82) is 0 Å². The fraction of sp³-hybridized carbons (Fsp3) is 0.786. The van der Waals surface area contributed by atoms with Crippen LogP contribution in [0, 0.1) is 0 Å². The van der Waals surface area contributed by atoms with E-state index in [9.17, 15) is 4.79 Å². The third-order valence-electron chi connectivity index (χ3n) is 4.26. The van der Waals surface area contributed by atoms with Gasteiger partial charge >= 0.3 is 0 Å². The number of hydrogen-bond donors (Lipinski definition) is 1. The number of piperazine rings is 1. The molecule has 0 aliphatic carbocycles. The van der Waals surface area contributed by atoms with Crippen LogP contribution in [0.15, 0.2) is 0 Å². The molecule has 21 heavy (non-hydrogen) atoms. The molecule has 0 bridgehead atoms. The number of nitrogens with zero attached hydrogens (tertiary/aromatic N) is 4. The van der Waals surface area contributed by atoms with E-state index in [4.69, 9.17) is 0 Å². The number of amides is 1. The van der Waals surface area contributed by atoms with Crippen LogP contribution in [-0.2, 0) is 11.2 Å². The molecule has 1 unspecified atom stereocenters. The summed E-state index contributed by atoms with van der Waals surface area (Å²) in [5.74, 6) is 1.21. The van der Waals surface area contributed by atoms with Crippen LogP contribution >= 0.6 is 11.5 Å². The Morgan fingerprint density at radius 3 is 2.81 bits per heavy atom. The minimum absolute atomic E-state index is 0.292. The average molecular weight is 309 g/mol. The van der Waals surface area contributed by atoms with Gasteiger partial charge in [-0.05, 0) is 19.4 Å². The van der Waals surface area contributed by atoms with E-state index in [1.54, 1.807) is 0 Å². The predicted octanol–water partition coefficient (Wildman–Crippen LogP) is 0.891. The van der Waals surface area contributed by atoms with Crippen molar-refractivity contribution >= 4 is 22.6 Å². The Bertz CT molecular complexity index is 477. The van der Waals surface area contributed by atoms with Gasteiger partial charge in [0, 0.05) is 56.6 Å². The van der Waals surface area contributed by atoms with Crippen molar-refractivity contribution < 1.29 is 4.79 Å². The lowest BCUT2D eigenvalue weighted by molar-refractivity contribution is -0.131. The maximum Gasteiger partial charge on any atom is 0.224 e. The van der Waals surface area contributed by atoms with Gasteiger partial charge in [0.2, 0.25) is 11.0 Å². The van der Waals surface area contributed by atoms with Crippen LogP contribution in [0.2, 0.25) is 0 Å². The summed E-state index contributed by atoms with van der Waals surface area (Å²) in [5.41, 5.74) is 0. The van der Waals surface area contributed by atoms with Crippen molar-refractivity contribution in [2.75, 3.05) is 37.6 Å². The molecule has 116 valence electrons. The quantitative estimate of drug-likeness (QED) is 0.895. The maximum atomic E-state index is 12.3. The topological polar surface area (TPSA) is 61.4 Å². The van der Waals surface area contributed by atoms with Crippen molar-refractivity contribution in [2.24, 2.45) is 0 Å². The largest absolute Gasteiger partial charge is 0.343 e. The monoisotopic (exact) mass is 309 g/mol. The lowest BCUT2D eigenvalue weighted by Crippen LogP contribution is -2.49. The van der Waals surface area contributed by atoms with Gasteiger partial charge in [-0.25, -0.2) is 4.98 Å². The molecule has 7 heteroatoms. The molecule has 2 saturated heterocycles. The zero-order valence-electron chi connectivity index (χ0n) is 12.5. The first-order valence-corrected chi connectivity index (χ1v) is 8.62. The van der Waals surface area contributed by atoms with Crippen LogP contribution in [0.25, 0.3) is 0 Å². The SMILES string of the molecule is CCc1nsc(N2CCN(C(=O)CC3CCCN3)CC2)n1. The minimum atomic E-state index is 0.292. The van der Waals surface area contributed by atoms with Crippen LogP contribution in [0.3, 0.4) is 0 Å². The Hall–Kier alpha value is -1.21. The van der Waals surface area contributed by atoms with Gasteiger partial charge in [0.25, 0.3) is 0 Å². The van der Waals surface area contributed by atoms with Crippen molar-refractivity contribution in [2.45, 2.75) is 38.6 Å². The molecular weight excluding hydrogens is 286 g/mol. The first-order valence-electron chi connectivity index (χ1n) is 7.85. The summed E-state index contributed by atoms with van der Waals surface area (Å²) in [6.07, 6.45) is 3.86. The van der Waals surface area contributed by atoms with Crippen molar-refractivity contribution in [3.05, 3.63) is 5.82 Å². The van der Waals surface area contributed by atoms with E-state index < -0.39 is 0 Å². The number of carbonyl (C=O) groups is 1. The highest BCUT2D eigenvalue weighted by atomic mass is 32.1. The summed E-state index contributed by atoms with van der Waals surface area (Å²) in [6.45, 7) is 6.45. The highest BCUT2D eigenvalue weighted by molar-refractivity contribution is 7.09. The molecule has 3 rings (SSSR count). The maximum absolute atomic E-state index is 12.3. The van der Waals surface area contributed by atoms with Gasteiger partial charge in [-0.15, -0.1) is 0 Å². The molecule has 1 N–H and O–H groups in total. The molecule has 3 heterocycles. The number of carbonyl (C=O) groups excluding carboxylic acids is 1. The van der Waals surface area contributed by atoms with Crippen LogP contribution in [0.4, 0.5) is 5.13 Å². The Labute approximate surface area is 129 Å². The fourth-order valence-corrected chi connectivity index (χ4v) is 3.74. The summed E-state index contributed by atoms with van der Waals surface area (Å²) in [6, 6.07) is 0.394. The van der Waals surface area contributed by atoms with Gasteiger partial charge < -0.3 is 15.1 Å². The number of aryl methyl sites for hydroxylation is 1. The van der Waals surface area contributed by atoms with Crippen LogP contribution in [0.5, 0.6) is 0 Å². The molecule has 0 saturated carbocycles. The first-order chi connectivity index (χ1) is 10.3. The third kappa shape index (κ3) is 3.52. The molecule has 1 atom stereocenters. The summed E-state index contributed by atoms with van der Waals surface area (Å²) in [7, 11) is 0. The van der Waals surface area contributed by atoms with E-state index in [0.717, 1.165) is 56.5 Å². The standard InChI is InChI=1S/C14H23N5OS/c1-2-12-16-14(21-17-12)19-8-6-18(7-9-19)13(20)10-11-4-3-5-15-11/h11,15H,2-10H2,1H3. The van der Waals surface area contributed by atoms with E-state index in [2.05, 4.69) is 26.5 Å². The Balaban J connectivity index is 1.48. The van der Waals surface area contributed by atoms with Gasteiger partial charge in [0.05, 0.1) is 0 Å². The smallest absolute Gasteiger partial charge is 0.224 e. The van der Waals surface area contributed by atoms with E-state index >= 15 is 0 Å². The normalized spacial score (nSPS) is 22.8. The molecule has 0 radical (unpaired) electrons. The number of rotatable bonds is 4. The Kier molecular flexibility index (Phi) is 4.70. The summed E-state index contributed by atoms with van der Waals surface area (Å²) in [4.78, 5) is 21.1. The fourth-order valence-electron chi connectivity index (χ4n) is 2.93. The van der Waals surface area contributed by atoms with Crippen molar-refractivity contribution in [3.63, 3.8) is 0 Å². The predicted molar refractivity (Wildman–Crippen MR) is 83.7 cm³/mol. The van der Waals surface area contributed by atoms with E-state index in [1.807, 2.05) is 4.90 Å². The number of nitrogens with one attached hydrogen (secondary N) is 1. The van der Waals surface area contributed by atoms with Crippen LogP contribution in [-0.4, -0.2) is 58.9 Å². The molecule has 0 aromatic carbocycles. The highest BCUT2D eigenvalue weighted by Gasteiger charge is 2.25. The zero-order valence-corrected chi connectivity index (χ0v) is 13.4. The lowest BCUT2D eigenvalue weighted by atomic mass is 10.1. The molecule has 1 aromatic heterocycles. The van der Waals surface area contributed by atoms with Crippen molar-refractivity contribution in [1.82, 2.24) is 19.6 Å². The number of aromatic nitrogens is 2. The number of anilines is 1. The van der Waals surface area contributed by atoms with Gasteiger partial charge in [-0.2, -0.15) is 4.37 Å². The lowest BCUT2D eigenvalue weighted by Gasteiger charge is -2.34. The molecular formula is C14H23N5OS. The summed E-state index contributed by atoms with van der Waals surface area (Å²) in [5, 5.41) is 4.39. The van der Waals surface area contributed by atoms with Gasteiger partial charge in [-0.1, -0.05) is 6.92 Å². The minimum Gasteiger partial charge on any atom is -0.343 e. The van der Waals surface area contributed by atoms with Gasteiger partial charge in [0.1, 0.15) is 5.82 Å². The van der Waals surface area contributed by atoms with E-state index in [0.29, 0.717) is 18.4 Å². The number of hydrogen-bond acceptors (Lipinski definition) is 6. The zero-order chi connectivity index (χ0) is 14.7. The Morgan fingerprint density at radius 1 is 1.38 bits per heavy atom. The average Bonchev–Trinajstić information content (AvgIpc) is 3.18. The second-order valence-corrected chi connectivity index (χ2v) is 6.44. The van der Waals surface area contributed by atoms with E-state index in [1.165, 1.54) is 18.0 Å². The van der Waals surface area contributed by atoms with E-state index in [-0.39, 0.29) is 0 Å². The van der Waals surface area contributed by atoms with Crippen LogP contribution in [0.1, 0.15) is 32.0 Å². The second kappa shape index (κ2) is 6.70. The molecule has 2 aliphatic heterocycles. The van der Waals surface area contributed by atoms with Gasteiger partial charge in [0.15, 0.2) is 0 Å². The van der Waals surface area contributed by atoms with Gasteiger partial charge in [-0.3, -0.25) is 4.79 Å². The highest BCUT2D eigenvalue weighted by Crippen LogP contribution is 2.20. The first kappa shape index (κ1) is 14.7. The second-order valence-electron chi connectivity index (χ2n) is 5.71. The molecule has 2 fully saturated rings. The summed E-state index contributed by atoms with van der Waals surface area (Å²) >= 11 is 1.47.